The second kappa shape index (κ2) is 8.27. The van der Waals surface area contributed by atoms with Crippen molar-refractivity contribution in [1.29, 1.82) is 0 Å². The summed E-state index contributed by atoms with van der Waals surface area (Å²) in [6.45, 7) is 4.13. The summed E-state index contributed by atoms with van der Waals surface area (Å²) in [6, 6.07) is 12.9. The van der Waals surface area contributed by atoms with Crippen LogP contribution in [0.25, 0.3) is 0 Å². The maximum atomic E-state index is 4.64. The second-order valence-corrected chi connectivity index (χ2v) is 7.11. The molecule has 5 nitrogen and oxygen atoms in total. The number of nitrogens with zero attached hydrogens (tertiary/aromatic N) is 4. The Bertz CT molecular complexity index is 863. The number of anilines is 2. The van der Waals surface area contributed by atoms with Crippen LogP contribution in [-0.2, 0) is 6.54 Å². The van der Waals surface area contributed by atoms with Crippen molar-refractivity contribution in [1.82, 2.24) is 19.9 Å². The van der Waals surface area contributed by atoms with Gasteiger partial charge in [0, 0.05) is 37.4 Å². The van der Waals surface area contributed by atoms with Crippen molar-refractivity contribution in [3.8, 4) is 0 Å². The highest BCUT2D eigenvalue weighted by Crippen LogP contribution is 2.32. The smallest absolute Gasteiger partial charge is 0.134 e. The lowest BCUT2D eigenvalue weighted by Crippen LogP contribution is -2.33. The third-order valence-electron chi connectivity index (χ3n) is 5.18. The van der Waals surface area contributed by atoms with Gasteiger partial charge in [-0.1, -0.05) is 18.6 Å². The summed E-state index contributed by atoms with van der Waals surface area (Å²) in [5.41, 5.74) is 3.71. The van der Waals surface area contributed by atoms with Crippen molar-refractivity contribution < 1.29 is 0 Å². The predicted octanol–water partition coefficient (Wildman–Crippen LogP) is 4.65. The van der Waals surface area contributed by atoms with Crippen LogP contribution in [0.2, 0.25) is 0 Å². The first-order valence-corrected chi connectivity index (χ1v) is 9.57. The summed E-state index contributed by atoms with van der Waals surface area (Å²) >= 11 is 0. The molecule has 0 spiro atoms. The van der Waals surface area contributed by atoms with Crippen LogP contribution in [0.3, 0.4) is 0 Å². The number of likely N-dealkylation sites (tertiary alicyclic amines) is 1. The monoisotopic (exact) mass is 359 g/mol. The standard InChI is InChI=1S/C22H25N5/c1-17-5-4-11-24-22(17)26-21-8-7-19(15-25-21)20-6-2-3-14-27(20)16-18-9-12-23-13-10-18/h4-5,7-13,15,20H,2-3,6,14,16H2,1H3,(H,24,25,26)/t20-/m1/s1. The normalized spacial score (nSPS) is 17.6. The molecule has 3 aromatic rings. The molecule has 1 aliphatic rings. The topological polar surface area (TPSA) is 53.9 Å². The highest BCUT2D eigenvalue weighted by Gasteiger charge is 2.24. The number of rotatable bonds is 5. The van der Waals surface area contributed by atoms with E-state index in [-0.39, 0.29) is 0 Å². The van der Waals surface area contributed by atoms with Crippen LogP contribution >= 0.6 is 0 Å². The van der Waals surface area contributed by atoms with Gasteiger partial charge in [0.25, 0.3) is 0 Å². The van der Waals surface area contributed by atoms with Gasteiger partial charge >= 0.3 is 0 Å². The van der Waals surface area contributed by atoms with Gasteiger partial charge in [0.15, 0.2) is 0 Å². The Kier molecular flexibility index (Phi) is 5.39. The van der Waals surface area contributed by atoms with Crippen molar-refractivity contribution in [2.24, 2.45) is 0 Å². The first-order valence-electron chi connectivity index (χ1n) is 9.57. The molecule has 0 bridgehead atoms. The molecular formula is C22H25N5. The fourth-order valence-corrected chi connectivity index (χ4v) is 3.69. The van der Waals surface area contributed by atoms with Crippen molar-refractivity contribution in [3.05, 3.63) is 77.9 Å². The minimum atomic E-state index is 0.421. The van der Waals surface area contributed by atoms with Gasteiger partial charge in [0.2, 0.25) is 0 Å². The second-order valence-electron chi connectivity index (χ2n) is 7.11. The molecule has 5 heteroatoms. The van der Waals surface area contributed by atoms with Crippen molar-refractivity contribution >= 4 is 11.6 Å². The Morgan fingerprint density at radius 1 is 1.04 bits per heavy atom. The molecule has 1 atom stereocenters. The maximum absolute atomic E-state index is 4.64. The number of hydrogen-bond donors (Lipinski definition) is 1. The Morgan fingerprint density at radius 3 is 2.70 bits per heavy atom. The molecule has 27 heavy (non-hydrogen) atoms. The van der Waals surface area contributed by atoms with Gasteiger partial charge in [-0.2, -0.15) is 0 Å². The van der Waals surface area contributed by atoms with E-state index in [2.05, 4.69) is 49.4 Å². The SMILES string of the molecule is Cc1cccnc1Nc1ccc([C@H]2CCCCN2Cc2ccncc2)cn1. The molecule has 138 valence electrons. The van der Waals surface area contributed by atoms with Crippen LogP contribution in [0.5, 0.6) is 0 Å². The van der Waals surface area contributed by atoms with E-state index in [9.17, 15) is 0 Å². The Morgan fingerprint density at radius 2 is 1.93 bits per heavy atom. The van der Waals surface area contributed by atoms with E-state index < -0.39 is 0 Å². The van der Waals surface area contributed by atoms with Crippen LogP contribution in [0, 0.1) is 6.92 Å². The largest absolute Gasteiger partial charge is 0.325 e. The zero-order valence-corrected chi connectivity index (χ0v) is 15.7. The predicted molar refractivity (Wildman–Crippen MR) is 108 cm³/mol. The first kappa shape index (κ1) is 17.6. The number of nitrogens with one attached hydrogen (secondary N) is 1. The van der Waals surface area contributed by atoms with Gasteiger partial charge in [-0.15, -0.1) is 0 Å². The number of hydrogen-bond acceptors (Lipinski definition) is 5. The first-order chi connectivity index (χ1) is 13.3. The van der Waals surface area contributed by atoms with Crippen LogP contribution in [0.15, 0.2) is 61.2 Å². The molecule has 1 N–H and O–H groups in total. The molecule has 1 saturated heterocycles. The fourth-order valence-electron chi connectivity index (χ4n) is 3.69. The van der Waals surface area contributed by atoms with Crippen molar-refractivity contribution in [2.75, 3.05) is 11.9 Å². The Hall–Kier alpha value is -2.79. The van der Waals surface area contributed by atoms with Gasteiger partial charge < -0.3 is 5.32 Å². The summed E-state index contributed by atoms with van der Waals surface area (Å²) in [7, 11) is 0. The van der Waals surface area contributed by atoms with E-state index in [1.54, 1.807) is 6.20 Å². The molecule has 4 rings (SSSR count). The van der Waals surface area contributed by atoms with E-state index in [0.29, 0.717) is 6.04 Å². The van der Waals surface area contributed by atoms with E-state index >= 15 is 0 Å². The van der Waals surface area contributed by atoms with Crippen LogP contribution in [0.1, 0.15) is 42.0 Å². The summed E-state index contributed by atoms with van der Waals surface area (Å²) in [4.78, 5) is 15.7. The van der Waals surface area contributed by atoms with E-state index in [1.807, 2.05) is 37.6 Å². The molecule has 0 unspecified atom stereocenters. The summed E-state index contributed by atoms with van der Waals surface area (Å²) in [5, 5.41) is 3.31. The molecule has 0 aliphatic carbocycles. The molecule has 1 aliphatic heterocycles. The van der Waals surface area contributed by atoms with Gasteiger partial charge in [-0.3, -0.25) is 9.88 Å². The quantitative estimate of drug-likeness (QED) is 0.718. The molecule has 4 heterocycles. The molecular weight excluding hydrogens is 334 g/mol. The van der Waals surface area contributed by atoms with Gasteiger partial charge in [-0.05, 0) is 67.3 Å². The van der Waals surface area contributed by atoms with Gasteiger partial charge in [0.1, 0.15) is 11.6 Å². The van der Waals surface area contributed by atoms with Crippen LogP contribution < -0.4 is 5.32 Å². The fraction of sp³-hybridized carbons (Fsp3) is 0.318. The minimum absolute atomic E-state index is 0.421. The van der Waals surface area contributed by atoms with E-state index in [0.717, 1.165) is 30.3 Å². The molecule has 0 saturated carbocycles. The number of aromatic nitrogens is 3. The number of piperidine rings is 1. The van der Waals surface area contributed by atoms with E-state index in [1.165, 1.54) is 30.4 Å². The zero-order valence-electron chi connectivity index (χ0n) is 15.7. The maximum Gasteiger partial charge on any atom is 0.134 e. The highest BCUT2D eigenvalue weighted by atomic mass is 15.2. The van der Waals surface area contributed by atoms with Gasteiger partial charge in [0.05, 0.1) is 0 Å². The van der Waals surface area contributed by atoms with Crippen LogP contribution in [0.4, 0.5) is 11.6 Å². The third kappa shape index (κ3) is 4.31. The third-order valence-corrected chi connectivity index (χ3v) is 5.18. The lowest BCUT2D eigenvalue weighted by atomic mass is 9.96. The average molecular weight is 359 g/mol. The lowest BCUT2D eigenvalue weighted by molar-refractivity contribution is 0.140. The Balaban J connectivity index is 1.48. The number of pyridine rings is 3. The Labute approximate surface area is 160 Å². The summed E-state index contributed by atoms with van der Waals surface area (Å²) in [6.07, 6.45) is 11.3. The average Bonchev–Trinajstić information content (AvgIpc) is 2.72. The van der Waals surface area contributed by atoms with Crippen molar-refractivity contribution in [3.63, 3.8) is 0 Å². The lowest BCUT2D eigenvalue weighted by Gasteiger charge is -2.36. The molecule has 1 fully saturated rings. The number of aryl methyl sites for hydroxylation is 1. The minimum Gasteiger partial charge on any atom is -0.325 e. The molecule has 0 radical (unpaired) electrons. The van der Waals surface area contributed by atoms with E-state index in [4.69, 9.17) is 0 Å². The zero-order chi connectivity index (χ0) is 18.5. The van der Waals surface area contributed by atoms with Crippen molar-refractivity contribution in [2.45, 2.75) is 38.8 Å². The van der Waals surface area contributed by atoms with Crippen LogP contribution in [-0.4, -0.2) is 26.4 Å². The summed E-state index contributed by atoms with van der Waals surface area (Å²) < 4.78 is 0. The molecule has 0 aromatic carbocycles. The summed E-state index contributed by atoms with van der Waals surface area (Å²) in [5.74, 6) is 1.69. The molecule has 3 aromatic heterocycles. The van der Waals surface area contributed by atoms with Gasteiger partial charge in [-0.25, -0.2) is 9.97 Å². The highest BCUT2D eigenvalue weighted by molar-refractivity contribution is 5.55. The molecule has 0 amide bonds.